The average molecular weight is 489 g/mol. The van der Waals surface area contributed by atoms with Gasteiger partial charge in [-0.15, -0.1) is 0 Å². The minimum atomic E-state index is 0.103. The Labute approximate surface area is 226 Å². The smallest absolute Gasteiger partial charge is 0.0369 e. The van der Waals surface area contributed by atoms with E-state index < -0.39 is 0 Å². The van der Waals surface area contributed by atoms with Crippen LogP contribution in [0.1, 0.15) is 50.4 Å². The molecule has 0 amide bonds. The minimum Gasteiger partial charge on any atom is -0.0622 e. The number of benzene rings is 5. The molecule has 184 valence electrons. The van der Waals surface area contributed by atoms with Crippen LogP contribution in [0.5, 0.6) is 0 Å². The fraction of sp³-hybridized carbons (Fsp3) is 0.105. The summed E-state index contributed by atoms with van der Waals surface area (Å²) < 4.78 is 0. The molecule has 0 unspecified atom stereocenters. The standard InChI is InChI=1S/C38H32/c1-26-24-27(2)33(28(3)25-26)38-36(31-20-12-6-13-21-31)34(29-16-8-4-9-17-29)35(30-18-10-5-11-19-30)37(38)32-22-14-7-15-23-32/h4-25,38H,1-3H3. The second kappa shape index (κ2) is 10.1. The van der Waals surface area contributed by atoms with Crippen molar-refractivity contribution in [2.75, 3.05) is 0 Å². The highest BCUT2D eigenvalue weighted by Gasteiger charge is 2.38. The molecule has 0 saturated carbocycles. The molecule has 38 heavy (non-hydrogen) atoms. The Balaban J connectivity index is 1.81. The molecule has 0 heteroatoms. The molecule has 0 radical (unpaired) electrons. The van der Waals surface area contributed by atoms with Crippen molar-refractivity contribution >= 4 is 22.3 Å². The van der Waals surface area contributed by atoms with Gasteiger partial charge in [-0.05, 0) is 82.0 Å². The van der Waals surface area contributed by atoms with Crippen molar-refractivity contribution in [3.05, 3.63) is 178 Å². The second-order valence-electron chi connectivity index (χ2n) is 10.3. The summed E-state index contributed by atoms with van der Waals surface area (Å²) in [6.07, 6.45) is 0. The van der Waals surface area contributed by atoms with Gasteiger partial charge in [0.1, 0.15) is 0 Å². The summed E-state index contributed by atoms with van der Waals surface area (Å²) in [6, 6.07) is 48.6. The summed E-state index contributed by atoms with van der Waals surface area (Å²) in [5.41, 5.74) is 15.9. The van der Waals surface area contributed by atoms with Crippen LogP contribution in [0.2, 0.25) is 0 Å². The maximum absolute atomic E-state index is 2.34. The first-order valence-electron chi connectivity index (χ1n) is 13.4. The molecule has 0 fully saturated rings. The predicted octanol–water partition coefficient (Wildman–Crippen LogP) is 9.93. The Hall–Kier alpha value is -4.42. The molecule has 6 rings (SSSR count). The minimum absolute atomic E-state index is 0.103. The van der Waals surface area contributed by atoms with Crippen molar-refractivity contribution in [3.63, 3.8) is 0 Å². The number of allylic oxidation sites excluding steroid dienone is 4. The fourth-order valence-corrected chi connectivity index (χ4v) is 6.30. The summed E-state index contributed by atoms with van der Waals surface area (Å²) in [6.45, 7) is 6.76. The van der Waals surface area contributed by atoms with Crippen LogP contribution in [-0.2, 0) is 0 Å². The highest BCUT2D eigenvalue weighted by molar-refractivity contribution is 6.29. The van der Waals surface area contributed by atoms with Gasteiger partial charge in [0, 0.05) is 5.92 Å². The summed E-state index contributed by atoms with van der Waals surface area (Å²) >= 11 is 0. The SMILES string of the molecule is Cc1cc(C)c(C2C(c3ccccc3)=C(c3ccccc3)C(c3ccccc3)=C2c2ccccc2)c(C)c1. The monoisotopic (exact) mass is 488 g/mol. The lowest BCUT2D eigenvalue weighted by atomic mass is 9.77. The van der Waals surface area contributed by atoms with E-state index in [-0.39, 0.29) is 5.92 Å². The Morgan fingerprint density at radius 2 is 0.711 bits per heavy atom. The second-order valence-corrected chi connectivity index (χ2v) is 10.3. The van der Waals surface area contributed by atoms with E-state index in [4.69, 9.17) is 0 Å². The zero-order valence-corrected chi connectivity index (χ0v) is 22.3. The van der Waals surface area contributed by atoms with Gasteiger partial charge in [0.15, 0.2) is 0 Å². The molecule has 0 saturated heterocycles. The zero-order chi connectivity index (χ0) is 26.1. The molecule has 0 aromatic heterocycles. The van der Waals surface area contributed by atoms with Gasteiger partial charge in [-0.25, -0.2) is 0 Å². The van der Waals surface area contributed by atoms with Crippen LogP contribution in [0, 0.1) is 20.8 Å². The molecule has 0 heterocycles. The van der Waals surface area contributed by atoms with Crippen LogP contribution < -0.4 is 0 Å². The first-order chi connectivity index (χ1) is 18.6. The first-order valence-corrected chi connectivity index (χ1v) is 13.4. The summed E-state index contributed by atoms with van der Waals surface area (Å²) in [5.74, 6) is 0.103. The van der Waals surface area contributed by atoms with Crippen LogP contribution in [0.4, 0.5) is 0 Å². The number of hydrogen-bond acceptors (Lipinski definition) is 0. The van der Waals surface area contributed by atoms with Crippen LogP contribution in [-0.4, -0.2) is 0 Å². The first kappa shape index (κ1) is 23.9. The van der Waals surface area contributed by atoms with E-state index in [1.54, 1.807) is 0 Å². The normalized spacial score (nSPS) is 13.9. The quantitative estimate of drug-likeness (QED) is 0.231. The lowest BCUT2D eigenvalue weighted by Crippen LogP contribution is -2.08. The molecule has 1 aliphatic carbocycles. The van der Waals surface area contributed by atoms with Gasteiger partial charge >= 0.3 is 0 Å². The van der Waals surface area contributed by atoms with Crippen LogP contribution in [0.3, 0.4) is 0 Å². The summed E-state index contributed by atoms with van der Waals surface area (Å²) in [7, 11) is 0. The lowest BCUT2D eigenvalue weighted by Gasteiger charge is -2.26. The Kier molecular flexibility index (Phi) is 6.40. The van der Waals surface area contributed by atoms with Gasteiger partial charge in [0.05, 0.1) is 0 Å². The van der Waals surface area contributed by atoms with Gasteiger partial charge in [-0.2, -0.15) is 0 Å². The van der Waals surface area contributed by atoms with E-state index in [0.29, 0.717) is 0 Å². The van der Waals surface area contributed by atoms with E-state index in [1.165, 1.54) is 66.8 Å². The summed E-state index contributed by atoms with van der Waals surface area (Å²) in [5, 5.41) is 0. The molecule has 0 bridgehead atoms. The highest BCUT2D eigenvalue weighted by Crippen LogP contribution is 2.59. The fourth-order valence-electron chi connectivity index (χ4n) is 6.30. The molecule has 5 aromatic carbocycles. The lowest BCUT2D eigenvalue weighted by molar-refractivity contribution is 1.07. The molecule has 0 spiro atoms. The van der Waals surface area contributed by atoms with E-state index >= 15 is 0 Å². The zero-order valence-electron chi connectivity index (χ0n) is 22.3. The highest BCUT2D eigenvalue weighted by atomic mass is 14.4. The number of aryl methyl sites for hydroxylation is 3. The van der Waals surface area contributed by atoms with Crippen LogP contribution in [0.15, 0.2) is 133 Å². The third-order valence-electron chi connectivity index (χ3n) is 7.69. The molecular formula is C38H32. The van der Waals surface area contributed by atoms with Crippen LogP contribution in [0.25, 0.3) is 22.3 Å². The third kappa shape index (κ3) is 4.23. The molecule has 0 nitrogen and oxygen atoms in total. The van der Waals surface area contributed by atoms with Crippen molar-refractivity contribution in [2.45, 2.75) is 26.7 Å². The third-order valence-corrected chi connectivity index (χ3v) is 7.69. The van der Waals surface area contributed by atoms with Crippen molar-refractivity contribution in [3.8, 4) is 0 Å². The van der Waals surface area contributed by atoms with Gasteiger partial charge in [0.2, 0.25) is 0 Å². The molecule has 5 aromatic rings. The Morgan fingerprint density at radius 3 is 1.05 bits per heavy atom. The number of hydrogen-bond donors (Lipinski definition) is 0. The Bertz CT molecular complexity index is 1520. The maximum atomic E-state index is 2.34. The molecule has 0 atom stereocenters. The van der Waals surface area contributed by atoms with E-state index in [1.807, 2.05) is 0 Å². The summed E-state index contributed by atoms with van der Waals surface area (Å²) in [4.78, 5) is 0. The van der Waals surface area contributed by atoms with Crippen molar-refractivity contribution in [2.24, 2.45) is 0 Å². The van der Waals surface area contributed by atoms with E-state index in [0.717, 1.165) is 0 Å². The van der Waals surface area contributed by atoms with Gasteiger partial charge < -0.3 is 0 Å². The maximum Gasteiger partial charge on any atom is 0.0369 e. The Morgan fingerprint density at radius 1 is 0.395 bits per heavy atom. The topological polar surface area (TPSA) is 0 Å². The largest absolute Gasteiger partial charge is 0.0622 e. The number of rotatable bonds is 5. The molecule has 0 aliphatic heterocycles. The predicted molar refractivity (Wildman–Crippen MR) is 163 cm³/mol. The van der Waals surface area contributed by atoms with Gasteiger partial charge in [-0.3, -0.25) is 0 Å². The average Bonchev–Trinajstić information content (AvgIpc) is 3.30. The molecule has 0 N–H and O–H groups in total. The van der Waals surface area contributed by atoms with Gasteiger partial charge in [0.25, 0.3) is 0 Å². The van der Waals surface area contributed by atoms with Crippen molar-refractivity contribution in [1.29, 1.82) is 0 Å². The molecular weight excluding hydrogens is 456 g/mol. The van der Waals surface area contributed by atoms with Crippen molar-refractivity contribution in [1.82, 2.24) is 0 Å². The van der Waals surface area contributed by atoms with E-state index in [2.05, 4.69) is 154 Å². The van der Waals surface area contributed by atoms with Crippen molar-refractivity contribution < 1.29 is 0 Å². The van der Waals surface area contributed by atoms with Gasteiger partial charge in [-0.1, -0.05) is 139 Å². The molecule has 1 aliphatic rings. The van der Waals surface area contributed by atoms with E-state index in [9.17, 15) is 0 Å². The van der Waals surface area contributed by atoms with Crippen LogP contribution >= 0.6 is 0 Å².